The van der Waals surface area contributed by atoms with Crippen molar-refractivity contribution in [3.8, 4) is 11.3 Å². The van der Waals surface area contributed by atoms with Gasteiger partial charge in [0.1, 0.15) is 5.82 Å². The van der Waals surface area contributed by atoms with Crippen molar-refractivity contribution in [1.82, 2.24) is 4.98 Å². The molecule has 0 aliphatic rings. The van der Waals surface area contributed by atoms with Crippen molar-refractivity contribution in [3.63, 3.8) is 0 Å². The fourth-order valence-electron chi connectivity index (χ4n) is 2.38. The number of rotatable bonds is 1. The molecule has 1 heterocycles. The Hall–Kier alpha value is -2.35. The van der Waals surface area contributed by atoms with Crippen molar-refractivity contribution in [2.24, 2.45) is 0 Å². The molecular formula is C16H10BrF4N3. The SMILES string of the molecule is Nc1c(-c2ccc(F)c(C(F)(F)F)c2)nc2ccc(Br)cc2c1N. The topological polar surface area (TPSA) is 64.9 Å². The molecule has 0 aliphatic heterocycles. The Morgan fingerprint density at radius 2 is 1.67 bits per heavy atom. The molecule has 2 aromatic carbocycles. The summed E-state index contributed by atoms with van der Waals surface area (Å²) in [6.07, 6.45) is -4.82. The Balaban J connectivity index is 2.27. The van der Waals surface area contributed by atoms with Crippen molar-refractivity contribution in [1.29, 1.82) is 0 Å². The van der Waals surface area contributed by atoms with E-state index in [0.29, 0.717) is 17.0 Å². The van der Waals surface area contributed by atoms with Gasteiger partial charge in [0.05, 0.1) is 28.1 Å². The molecule has 0 fully saturated rings. The molecule has 0 aliphatic carbocycles. The minimum absolute atomic E-state index is 0.0396. The second kappa shape index (κ2) is 5.62. The highest BCUT2D eigenvalue weighted by Gasteiger charge is 2.34. The van der Waals surface area contributed by atoms with Crippen LogP contribution >= 0.6 is 15.9 Å². The fraction of sp³-hybridized carbons (Fsp3) is 0.0625. The number of hydrogen-bond donors (Lipinski definition) is 2. The second-order valence-corrected chi connectivity index (χ2v) is 6.06. The summed E-state index contributed by atoms with van der Waals surface area (Å²) in [5.41, 5.74) is 11.4. The van der Waals surface area contributed by atoms with Crippen LogP contribution in [0.15, 0.2) is 40.9 Å². The van der Waals surface area contributed by atoms with Gasteiger partial charge in [-0.3, -0.25) is 0 Å². The van der Waals surface area contributed by atoms with Crippen LogP contribution in [0.4, 0.5) is 28.9 Å². The molecule has 3 rings (SSSR count). The normalized spacial score (nSPS) is 11.9. The van der Waals surface area contributed by atoms with Crippen LogP contribution in [0.25, 0.3) is 22.2 Å². The van der Waals surface area contributed by atoms with Gasteiger partial charge < -0.3 is 11.5 Å². The van der Waals surface area contributed by atoms with Crippen molar-refractivity contribution >= 4 is 38.2 Å². The summed E-state index contributed by atoms with van der Waals surface area (Å²) in [7, 11) is 0. The zero-order valence-corrected chi connectivity index (χ0v) is 13.5. The van der Waals surface area contributed by atoms with E-state index in [-0.39, 0.29) is 22.6 Å². The van der Waals surface area contributed by atoms with E-state index in [1.54, 1.807) is 18.2 Å². The Morgan fingerprint density at radius 3 is 2.33 bits per heavy atom. The highest BCUT2D eigenvalue weighted by molar-refractivity contribution is 9.10. The van der Waals surface area contributed by atoms with E-state index in [0.717, 1.165) is 10.5 Å². The summed E-state index contributed by atoms with van der Waals surface area (Å²) in [4.78, 5) is 4.28. The van der Waals surface area contributed by atoms with Gasteiger partial charge in [-0.15, -0.1) is 0 Å². The summed E-state index contributed by atoms with van der Waals surface area (Å²) in [6, 6.07) is 7.70. The number of aromatic nitrogens is 1. The average Bonchev–Trinajstić information content (AvgIpc) is 2.51. The van der Waals surface area contributed by atoms with Gasteiger partial charge in [0.25, 0.3) is 0 Å². The van der Waals surface area contributed by atoms with Gasteiger partial charge in [0, 0.05) is 15.4 Å². The number of nitrogens with two attached hydrogens (primary N) is 2. The number of halogens is 5. The molecule has 4 N–H and O–H groups in total. The van der Waals surface area contributed by atoms with E-state index < -0.39 is 17.6 Å². The zero-order valence-electron chi connectivity index (χ0n) is 12.0. The number of anilines is 2. The van der Waals surface area contributed by atoms with Gasteiger partial charge in [-0.1, -0.05) is 15.9 Å². The molecule has 24 heavy (non-hydrogen) atoms. The van der Waals surface area contributed by atoms with E-state index in [9.17, 15) is 17.6 Å². The lowest BCUT2D eigenvalue weighted by Gasteiger charge is -2.14. The van der Waals surface area contributed by atoms with Gasteiger partial charge in [0.15, 0.2) is 0 Å². The van der Waals surface area contributed by atoms with Gasteiger partial charge in [-0.05, 0) is 36.4 Å². The van der Waals surface area contributed by atoms with Crippen LogP contribution in [0.5, 0.6) is 0 Å². The highest BCUT2D eigenvalue weighted by Crippen LogP contribution is 2.38. The lowest BCUT2D eigenvalue weighted by atomic mass is 10.0. The first-order chi connectivity index (χ1) is 11.2. The summed E-state index contributed by atoms with van der Waals surface area (Å²) in [6.45, 7) is 0. The molecule has 0 amide bonds. The van der Waals surface area contributed by atoms with E-state index in [1.165, 1.54) is 6.07 Å². The van der Waals surface area contributed by atoms with E-state index in [4.69, 9.17) is 11.5 Å². The van der Waals surface area contributed by atoms with Crippen LogP contribution in [-0.2, 0) is 6.18 Å². The third-order valence-electron chi connectivity index (χ3n) is 3.57. The van der Waals surface area contributed by atoms with Gasteiger partial charge in [-0.2, -0.15) is 13.2 Å². The molecule has 0 saturated carbocycles. The molecule has 1 aromatic heterocycles. The van der Waals surface area contributed by atoms with E-state index in [2.05, 4.69) is 20.9 Å². The summed E-state index contributed by atoms with van der Waals surface area (Å²) in [5.74, 6) is -1.36. The molecule has 8 heteroatoms. The van der Waals surface area contributed by atoms with Crippen LogP contribution in [0.2, 0.25) is 0 Å². The zero-order chi connectivity index (χ0) is 17.6. The fourth-order valence-corrected chi connectivity index (χ4v) is 2.75. The Kier molecular flexibility index (Phi) is 3.87. The van der Waals surface area contributed by atoms with Crippen molar-refractivity contribution in [2.45, 2.75) is 6.18 Å². The monoisotopic (exact) mass is 399 g/mol. The summed E-state index contributed by atoms with van der Waals surface area (Å²) < 4.78 is 52.9. The standard InChI is InChI=1S/C16H10BrF4N3/c17-8-2-4-12-9(6-8)13(22)14(23)15(24-12)7-1-3-11(18)10(5-7)16(19,20)21/h1-6H,23H2,(H2,22,24). The largest absolute Gasteiger partial charge is 0.419 e. The lowest BCUT2D eigenvalue weighted by Crippen LogP contribution is -2.09. The molecule has 0 unspecified atom stereocenters. The van der Waals surface area contributed by atoms with E-state index >= 15 is 0 Å². The first kappa shape index (κ1) is 16.5. The number of nitrogen functional groups attached to an aromatic ring is 2. The van der Waals surface area contributed by atoms with E-state index in [1.807, 2.05) is 0 Å². The minimum atomic E-state index is -4.82. The van der Waals surface area contributed by atoms with Crippen molar-refractivity contribution < 1.29 is 17.6 Å². The van der Waals surface area contributed by atoms with Crippen LogP contribution in [0, 0.1) is 5.82 Å². The molecule has 124 valence electrons. The maximum atomic E-state index is 13.5. The number of benzene rings is 2. The average molecular weight is 400 g/mol. The highest BCUT2D eigenvalue weighted by atomic mass is 79.9. The van der Waals surface area contributed by atoms with Gasteiger partial charge in [-0.25, -0.2) is 9.37 Å². The molecule has 3 nitrogen and oxygen atoms in total. The summed E-state index contributed by atoms with van der Waals surface area (Å²) in [5, 5.41) is 0.573. The third-order valence-corrected chi connectivity index (χ3v) is 4.06. The molecule has 0 atom stereocenters. The first-order valence-corrected chi connectivity index (χ1v) is 7.49. The number of pyridine rings is 1. The minimum Gasteiger partial charge on any atom is -0.396 e. The number of hydrogen-bond acceptors (Lipinski definition) is 3. The van der Waals surface area contributed by atoms with Crippen LogP contribution in [0.1, 0.15) is 5.56 Å². The predicted octanol–water partition coefficient (Wildman–Crippen LogP) is 4.99. The van der Waals surface area contributed by atoms with Crippen LogP contribution in [0.3, 0.4) is 0 Å². The molecule has 0 spiro atoms. The maximum absolute atomic E-state index is 13.5. The first-order valence-electron chi connectivity index (χ1n) is 6.70. The number of alkyl halides is 3. The number of fused-ring (bicyclic) bond motifs is 1. The van der Waals surface area contributed by atoms with Crippen LogP contribution < -0.4 is 11.5 Å². The lowest BCUT2D eigenvalue weighted by molar-refractivity contribution is -0.139. The van der Waals surface area contributed by atoms with Crippen LogP contribution in [-0.4, -0.2) is 4.98 Å². The maximum Gasteiger partial charge on any atom is 0.419 e. The molecule has 0 saturated heterocycles. The van der Waals surface area contributed by atoms with Crippen molar-refractivity contribution in [3.05, 3.63) is 52.3 Å². The Bertz CT molecular complexity index is 954. The van der Waals surface area contributed by atoms with Gasteiger partial charge in [0.2, 0.25) is 0 Å². The Labute approximate surface area is 142 Å². The smallest absolute Gasteiger partial charge is 0.396 e. The quantitative estimate of drug-likeness (QED) is 0.566. The summed E-state index contributed by atoms with van der Waals surface area (Å²) >= 11 is 3.30. The molecule has 0 radical (unpaired) electrons. The molecule has 3 aromatic rings. The second-order valence-electron chi connectivity index (χ2n) is 5.14. The molecule has 0 bridgehead atoms. The molecular weight excluding hydrogens is 390 g/mol. The predicted molar refractivity (Wildman–Crippen MR) is 88.7 cm³/mol. The van der Waals surface area contributed by atoms with Crippen molar-refractivity contribution in [2.75, 3.05) is 11.5 Å². The van der Waals surface area contributed by atoms with Gasteiger partial charge >= 0.3 is 6.18 Å². The third kappa shape index (κ3) is 2.77. The Morgan fingerprint density at radius 1 is 0.958 bits per heavy atom. The number of nitrogens with zero attached hydrogens (tertiary/aromatic N) is 1.